The summed E-state index contributed by atoms with van der Waals surface area (Å²) < 4.78 is 15.0. The monoisotopic (exact) mass is 380 g/mol. The Morgan fingerprint density at radius 1 is 1.18 bits per heavy atom. The Balaban J connectivity index is 1.37. The molecule has 9 heteroatoms. The fraction of sp³-hybridized carbons (Fsp3) is 0.263. The second kappa shape index (κ2) is 6.29. The van der Waals surface area contributed by atoms with Crippen molar-refractivity contribution < 1.29 is 14.3 Å². The second-order valence-electron chi connectivity index (χ2n) is 6.89. The summed E-state index contributed by atoms with van der Waals surface area (Å²) in [4.78, 5) is 24.5. The van der Waals surface area contributed by atoms with E-state index in [1.807, 2.05) is 17.0 Å². The van der Waals surface area contributed by atoms with Gasteiger partial charge in [0.15, 0.2) is 0 Å². The number of fused-ring (bicyclic) bond motifs is 1. The standard InChI is InChI=1S/C19H17FN6O2/c20-12-6-7-24(9-12)16-5-4-13(8-21-16)26-10-14-15(23-26)11-25(19(14)28)17-2-1-3-18(27)22-17/h1-5,8,10,12H,6-7,9,11H2,(H,22,27)/t12-/m1/s1. The zero-order valence-corrected chi connectivity index (χ0v) is 14.9. The Kier molecular flexibility index (Phi) is 3.75. The van der Waals surface area contributed by atoms with Gasteiger partial charge in [-0.15, -0.1) is 0 Å². The number of carbonyl (C=O) groups is 1. The van der Waals surface area contributed by atoms with Gasteiger partial charge in [0.2, 0.25) is 5.88 Å². The van der Waals surface area contributed by atoms with E-state index >= 15 is 0 Å². The van der Waals surface area contributed by atoms with Crippen molar-refractivity contribution in [3.8, 4) is 11.6 Å². The number of hydrogen-bond donors (Lipinski definition) is 1. The van der Waals surface area contributed by atoms with Crippen LogP contribution in [0.3, 0.4) is 0 Å². The average Bonchev–Trinajstić information content (AvgIpc) is 3.38. The molecule has 5 heterocycles. The molecule has 28 heavy (non-hydrogen) atoms. The van der Waals surface area contributed by atoms with Crippen molar-refractivity contribution in [3.05, 3.63) is 54.0 Å². The van der Waals surface area contributed by atoms with Crippen LogP contribution in [0.2, 0.25) is 0 Å². The van der Waals surface area contributed by atoms with Crippen molar-refractivity contribution in [2.75, 3.05) is 22.9 Å². The maximum atomic E-state index is 13.4. The van der Waals surface area contributed by atoms with Crippen LogP contribution in [0.4, 0.5) is 16.0 Å². The maximum Gasteiger partial charge on any atom is 0.263 e. The van der Waals surface area contributed by atoms with Gasteiger partial charge < -0.3 is 10.0 Å². The number of aromatic nitrogens is 4. The van der Waals surface area contributed by atoms with E-state index in [1.165, 1.54) is 11.0 Å². The van der Waals surface area contributed by atoms with Crippen molar-refractivity contribution in [2.45, 2.75) is 19.1 Å². The third kappa shape index (κ3) is 2.75. The summed E-state index contributed by atoms with van der Waals surface area (Å²) in [6.45, 7) is 1.32. The number of carbonyl (C=O) groups excluding carboxylic acids is 1. The molecular formula is C19H17FN6O2. The van der Waals surface area contributed by atoms with Crippen LogP contribution in [0.1, 0.15) is 22.5 Å². The van der Waals surface area contributed by atoms with Crippen molar-refractivity contribution in [3.63, 3.8) is 0 Å². The lowest BCUT2D eigenvalue weighted by Gasteiger charge is -2.16. The zero-order valence-electron chi connectivity index (χ0n) is 14.9. The summed E-state index contributed by atoms with van der Waals surface area (Å²) in [7, 11) is 0. The highest BCUT2D eigenvalue weighted by atomic mass is 19.1. The minimum atomic E-state index is -0.800. The average molecular weight is 380 g/mol. The van der Waals surface area contributed by atoms with Gasteiger partial charge in [-0.3, -0.25) is 9.69 Å². The fourth-order valence-electron chi connectivity index (χ4n) is 3.58. The van der Waals surface area contributed by atoms with Crippen LogP contribution in [0.25, 0.3) is 5.69 Å². The molecule has 0 spiro atoms. The molecule has 8 nitrogen and oxygen atoms in total. The van der Waals surface area contributed by atoms with Crippen LogP contribution in [-0.4, -0.2) is 50.0 Å². The van der Waals surface area contributed by atoms with Gasteiger partial charge in [-0.05, 0) is 24.6 Å². The van der Waals surface area contributed by atoms with Gasteiger partial charge >= 0.3 is 0 Å². The lowest BCUT2D eigenvalue weighted by molar-refractivity contribution is 0.0995. The van der Waals surface area contributed by atoms with Gasteiger partial charge in [0.05, 0.1) is 36.2 Å². The second-order valence-corrected chi connectivity index (χ2v) is 6.89. The molecule has 1 atom stereocenters. The Morgan fingerprint density at radius 3 is 2.75 bits per heavy atom. The lowest BCUT2D eigenvalue weighted by Crippen LogP contribution is -2.24. The molecule has 0 aromatic carbocycles. The van der Waals surface area contributed by atoms with E-state index < -0.39 is 6.17 Å². The molecule has 142 valence electrons. The minimum absolute atomic E-state index is 0.136. The Bertz CT molecular complexity index is 1050. The number of hydrogen-bond acceptors (Lipinski definition) is 6. The highest BCUT2D eigenvalue weighted by molar-refractivity contribution is 6.09. The molecule has 1 fully saturated rings. The number of aromatic hydroxyl groups is 1. The van der Waals surface area contributed by atoms with Gasteiger partial charge in [-0.1, -0.05) is 6.07 Å². The molecule has 0 bridgehead atoms. The molecule has 3 aromatic rings. The highest BCUT2D eigenvalue weighted by Crippen LogP contribution is 2.28. The van der Waals surface area contributed by atoms with Crippen LogP contribution in [0.5, 0.6) is 5.88 Å². The Hall–Kier alpha value is -3.49. The van der Waals surface area contributed by atoms with Gasteiger partial charge in [-0.2, -0.15) is 10.1 Å². The number of amides is 1. The lowest BCUT2D eigenvalue weighted by atomic mass is 10.3. The topological polar surface area (TPSA) is 87.4 Å². The molecule has 2 aliphatic heterocycles. The first-order chi connectivity index (χ1) is 13.6. The predicted molar refractivity (Wildman–Crippen MR) is 99.5 cm³/mol. The third-order valence-corrected chi connectivity index (χ3v) is 5.02. The molecule has 1 amide bonds. The van der Waals surface area contributed by atoms with E-state index in [2.05, 4.69) is 15.1 Å². The van der Waals surface area contributed by atoms with Gasteiger partial charge in [0.25, 0.3) is 5.91 Å². The number of rotatable bonds is 3. The number of halogens is 1. The minimum Gasteiger partial charge on any atom is -0.493 e. The molecule has 0 saturated carbocycles. The summed E-state index contributed by atoms with van der Waals surface area (Å²) in [6, 6.07) is 8.46. The number of anilines is 2. The van der Waals surface area contributed by atoms with Crippen molar-refractivity contribution in [1.29, 1.82) is 0 Å². The molecule has 1 saturated heterocycles. The summed E-state index contributed by atoms with van der Waals surface area (Å²) in [5, 5.41) is 14.0. The number of alkyl halides is 1. The van der Waals surface area contributed by atoms with E-state index in [0.29, 0.717) is 36.6 Å². The molecule has 0 aliphatic carbocycles. The largest absolute Gasteiger partial charge is 0.493 e. The third-order valence-electron chi connectivity index (χ3n) is 5.02. The van der Waals surface area contributed by atoms with Gasteiger partial charge in [0, 0.05) is 18.8 Å². The Labute approximate surface area is 159 Å². The normalized spacial score (nSPS) is 18.8. The molecule has 5 rings (SSSR count). The first kappa shape index (κ1) is 16.7. The summed E-state index contributed by atoms with van der Waals surface area (Å²) in [5.74, 6) is 0.774. The first-order valence-electron chi connectivity index (χ1n) is 9.00. The van der Waals surface area contributed by atoms with Gasteiger partial charge in [0.1, 0.15) is 17.8 Å². The predicted octanol–water partition coefficient (Wildman–Crippen LogP) is 2.08. The first-order valence-corrected chi connectivity index (χ1v) is 9.00. The summed E-state index contributed by atoms with van der Waals surface area (Å²) in [6.07, 6.45) is 3.07. The van der Waals surface area contributed by atoms with E-state index in [-0.39, 0.29) is 18.3 Å². The van der Waals surface area contributed by atoms with Crippen molar-refractivity contribution >= 4 is 17.5 Å². The van der Waals surface area contributed by atoms with Crippen LogP contribution in [-0.2, 0) is 6.54 Å². The van der Waals surface area contributed by atoms with Crippen molar-refractivity contribution in [2.24, 2.45) is 0 Å². The maximum absolute atomic E-state index is 13.4. The Morgan fingerprint density at radius 2 is 2.07 bits per heavy atom. The SMILES string of the molecule is O=C1c2cn(-c3ccc(N4CC[C@@H](F)C4)nc3)nc2CN1c1cccc(O)n1. The van der Waals surface area contributed by atoms with Crippen LogP contribution in [0.15, 0.2) is 42.7 Å². The molecule has 3 aromatic heterocycles. The van der Waals surface area contributed by atoms with Crippen LogP contribution >= 0.6 is 0 Å². The highest BCUT2D eigenvalue weighted by Gasteiger charge is 2.33. The van der Waals surface area contributed by atoms with Crippen LogP contribution in [0, 0.1) is 0 Å². The fourth-order valence-corrected chi connectivity index (χ4v) is 3.58. The summed E-state index contributed by atoms with van der Waals surface area (Å²) >= 11 is 0. The number of pyridine rings is 2. The quantitative estimate of drug-likeness (QED) is 0.749. The van der Waals surface area contributed by atoms with Crippen molar-refractivity contribution in [1.82, 2.24) is 19.7 Å². The van der Waals surface area contributed by atoms with E-state index in [1.54, 1.807) is 29.2 Å². The van der Waals surface area contributed by atoms with E-state index in [4.69, 9.17) is 0 Å². The summed E-state index contributed by atoms with van der Waals surface area (Å²) in [5.41, 5.74) is 1.86. The zero-order chi connectivity index (χ0) is 19.3. The van der Waals surface area contributed by atoms with E-state index in [0.717, 1.165) is 11.5 Å². The molecule has 2 aliphatic rings. The van der Waals surface area contributed by atoms with E-state index in [9.17, 15) is 14.3 Å². The molecule has 0 radical (unpaired) electrons. The number of nitrogens with zero attached hydrogens (tertiary/aromatic N) is 6. The van der Waals surface area contributed by atoms with Crippen LogP contribution < -0.4 is 9.80 Å². The van der Waals surface area contributed by atoms with Gasteiger partial charge in [-0.25, -0.2) is 14.1 Å². The molecule has 0 unspecified atom stereocenters. The molecule has 1 N–H and O–H groups in total. The smallest absolute Gasteiger partial charge is 0.263 e. The molecular weight excluding hydrogens is 363 g/mol.